The fourth-order valence-corrected chi connectivity index (χ4v) is 4.19. The van der Waals surface area contributed by atoms with E-state index in [2.05, 4.69) is 19.1 Å². The minimum atomic E-state index is -0.142. The molecule has 4 rings (SSSR count). The van der Waals surface area contributed by atoms with Gasteiger partial charge in [-0.3, -0.25) is 4.79 Å². The number of methoxy groups -OCH3 is 1. The van der Waals surface area contributed by atoms with Gasteiger partial charge in [-0.2, -0.15) is 0 Å². The molecule has 4 aromatic carbocycles. The number of hydrogen-bond donors (Lipinski definition) is 1. The summed E-state index contributed by atoms with van der Waals surface area (Å²) in [7, 11) is 1.57. The fourth-order valence-electron chi connectivity index (χ4n) is 4.19. The summed E-state index contributed by atoms with van der Waals surface area (Å²) in [4.78, 5) is 15.3. The van der Waals surface area contributed by atoms with Gasteiger partial charge in [-0.15, -0.1) is 0 Å². The van der Waals surface area contributed by atoms with Gasteiger partial charge in [0.2, 0.25) is 0 Å². The van der Waals surface area contributed by atoms with Gasteiger partial charge in [0, 0.05) is 30.8 Å². The highest BCUT2D eigenvalue weighted by Crippen LogP contribution is 2.30. The summed E-state index contributed by atoms with van der Waals surface area (Å²) in [5.74, 6) is 1.68. The summed E-state index contributed by atoms with van der Waals surface area (Å²) in [6.45, 7) is 4.03. The van der Waals surface area contributed by atoms with E-state index < -0.39 is 0 Å². The Morgan fingerprint density at radius 3 is 2.24 bits per heavy atom. The van der Waals surface area contributed by atoms with E-state index in [1.54, 1.807) is 30.2 Å². The molecule has 0 bridgehead atoms. The molecule has 0 spiro atoms. The molecule has 0 aromatic heterocycles. The first kappa shape index (κ1) is 26.8. The number of ether oxygens (including phenoxy) is 3. The Morgan fingerprint density at radius 2 is 1.47 bits per heavy atom. The molecule has 196 valence electrons. The van der Waals surface area contributed by atoms with Crippen LogP contribution in [0.4, 0.5) is 0 Å². The lowest BCUT2D eigenvalue weighted by molar-refractivity contribution is 0.0746. The van der Waals surface area contributed by atoms with Gasteiger partial charge in [0.15, 0.2) is 11.5 Å². The van der Waals surface area contributed by atoms with Gasteiger partial charge in [-0.25, -0.2) is 0 Å². The number of carbonyl (C=O) groups is 1. The highest BCUT2D eigenvalue weighted by atomic mass is 16.5. The molecular formula is C32H34N2O4. The van der Waals surface area contributed by atoms with Crippen LogP contribution >= 0.6 is 0 Å². The Balaban J connectivity index is 1.48. The van der Waals surface area contributed by atoms with Crippen molar-refractivity contribution >= 4 is 5.91 Å². The third kappa shape index (κ3) is 7.14. The fraction of sp³-hybridized carbons (Fsp3) is 0.219. The predicted octanol–water partition coefficient (Wildman–Crippen LogP) is 5.76. The van der Waals surface area contributed by atoms with Gasteiger partial charge in [-0.1, -0.05) is 78.4 Å². The second-order valence-electron chi connectivity index (χ2n) is 9.04. The van der Waals surface area contributed by atoms with E-state index >= 15 is 0 Å². The van der Waals surface area contributed by atoms with Crippen LogP contribution in [0.5, 0.6) is 17.2 Å². The average Bonchev–Trinajstić information content (AvgIpc) is 2.95. The maximum atomic E-state index is 13.6. The smallest absolute Gasteiger partial charge is 0.254 e. The maximum Gasteiger partial charge on any atom is 0.254 e. The summed E-state index contributed by atoms with van der Waals surface area (Å²) in [6, 6.07) is 31.2. The van der Waals surface area contributed by atoms with Gasteiger partial charge in [0.25, 0.3) is 5.91 Å². The molecule has 4 aromatic rings. The lowest BCUT2D eigenvalue weighted by Crippen LogP contribution is -2.35. The normalized spacial score (nSPS) is 10.6. The minimum Gasteiger partial charge on any atom is -0.493 e. The molecule has 0 heterocycles. The molecule has 0 unspecified atom stereocenters. The van der Waals surface area contributed by atoms with Crippen LogP contribution in [0.15, 0.2) is 97.1 Å². The van der Waals surface area contributed by atoms with E-state index in [0.29, 0.717) is 49.9 Å². The standard InChI is InChI=1S/C32H34N2O4/c1-24-9-8-12-26(19-24)23-37-29-14-7-6-13-28(29)21-34(18-17-33)32(35)27-15-16-30(31(20-27)36-2)38-22-25-10-4-3-5-11-25/h3-16,19-20H,17-18,21-23,33H2,1-2H3. The molecule has 6 nitrogen and oxygen atoms in total. The summed E-state index contributed by atoms with van der Waals surface area (Å²) in [5, 5.41) is 0. The molecule has 0 radical (unpaired) electrons. The van der Waals surface area contributed by atoms with Crippen molar-refractivity contribution in [3.05, 3.63) is 125 Å². The van der Waals surface area contributed by atoms with Gasteiger partial charge in [0.1, 0.15) is 19.0 Å². The molecule has 0 saturated heterocycles. The van der Waals surface area contributed by atoms with Gasteiger partial charge < -0.3 is 24.8 Å². The third-order valence-corrected chi connectivity index (χ3v) is 6.14. The Labute approximate surface area is 224 Å². The predicted molar refractivity (Wildman–Crippen MR) is 150 cm³/mol. The van der Waals surface area contributed by atoms with E-state index in [1.807, 2.05) is 66.7 Å². The molecule has 0 fully saturated rings. The monoisotopic (exact) mass is 510 g/mol. The van der Waals surface area contributed by atoms with Crippen LogP contribution in [0, 0.1) is 6.92 Å². The Bertz CT molecular complexity index is 1340. The highest BCUT2D eigenvalue weighted by Gasteiger charge is 2.19. The van der Waals surface area contributed by atoms with Crippen LogP contribution in [0.1, 0.15) is 32.6 Å². The van der Waals surface area contributed by atoms with E-state index in [-0.39, 0.29) is 5.91 Å². The first-order valence-corrected chi connectivity index (χ1v) is 12.7. The number of para-hydroxylation sites is 1. The van der Waals surface area contributed by atoms with E-state index in [1.165, 1.54) is 5.56 Å². The second kappa shape index (κ2) is 13.3. The van der Waals surface area contributed by atoms with Crippen LogP contribution in [0.25, 0.3) is 0 Å². The van der Waals surface area contributed by atoms with Crippen molar-refractivity contribution in [2.75, 3.05) is 20.2 Å². The van der Waals surface area contributed by atoms with Gasteiger partial charge in [-0.05, 0) is 42.3 Å². The van der Waals surface area contributed by atoms with Crippen LogP contribution in [-0.2, 0) is 19.8 Å². The maximum absolute atomic E-state index is 13.6. The zero-order valence-corrected chi connectivity index (χ0v) is 21.9. The number of amides is 1. The average molecular weight is 511 g/mol. The number of rotatable bonds is 12. The molecule has 0 aliphatic carbocycles. The summed E-state index contributed by atoms with van der Waals surface area (Å²) in [5.41, 5.74) is 10.6. The summed E-state index contributed by atoms with van der Waals surface area (Å²) >= 11 is 0. The van der Waals surface area contributed by atoms with Crippen molar-refractivity contribution in [2.24, 2.45) is 5.73 Å². The SMILES string of the molecule is COc1cc(C(=O)N(CCN)Cc2ccccc2OCc2cccc(C)c2)ccc1OCc1ccccc1. The number of benzene rings is 4. The number of carbonyl (C=O) groups excluding carboxylic acids is 1. The molecule has 0 aliphatic rings. The number of nitrogens with two attached hydrogens (primary N) is 1. The van der Waals surface area contributed by atoms with Crippen LogP contribution in [0.2, 0.25) is 0 Å². The van der Waals surface area contributed by atoms with E-state index in [9.17, 15) is 4.79 Å². The largest absolute Gasteiger partial charge is 0.493 e. The zero-order chi connectivity index (χ0) is 26.7. The van der Waals surface area contributed by atoms with Crippen molar-refractivity contribution in [1.29, 1.82) is 0 Å². The summed E-state index contributed by atoms with van der Waals surface area (Å²) < 4.78 is 17.6. The van der Waals surface area contributed by atoms with Crippen molar-refractivity contribution in [3.63, 3.8) is 0 Å². The number of nitrogens with zero attached hydrogens (tertiary/aromatic N) is 1. The first-order chi connectivity index (χ1) is 18.6. The second-order valence-corrected chi connectivity index (χ2v) is 9.04. The topological polar surface area (TPSA) is 74.0 Å². The zero-order valence-electron chi connectivity index (χ0n) is 21.9. The Kier molecular flexibility index (Phi) is 9.37. The molecule has 1 amide bonds. The molecule has 38 heavy (non-hydrogen) atoms. The quantitative estimate of drug-likeness (QED) is 0.262. The van der Waals surface area contributed by atoms with Crippen molar-refractivity contribution in [3.8, 4) is 17.2 Å². The Hall–Kier alpha value is -4.29. The third-order valence-electron chi connectivity index (χ3n) is 6.14. The lowest BCUT2D eigenvalue weighted by atomic mass is 10.1. The van der Waals surface area contributed by atoms with Gasteiger partial charge in [0.05, 0.1) is 7.11 Å². The highest BCUT2D eigenvalue weighted by molar-refractivity contribution is 5.95. The molecule has 0 saturated carbocycles. The molecular weight excluding hydrogens is 476 g/mol. The summed E-state index contributed by atoms with van der Waals surface area (Å²) in [6.07, 6.45) is 0. The van der Waals surface area contributed by atoms with E-state index in [0.717, 1.165) is 22.4 Å². The van der Waals surface area contributed by atoms with Crippen molar-refractivity contribution in [1.82, 2.24) is 4.90 Å². The number of hydrogen-bond acceptors (Lipinski definition) is 5. The first-order valence-electron chi connectivity index (χ1n) is 12.7. The van der Waals surface area contributed by atoms with Crippen molar-refractivity contribution in [2.45, 2.75) is 26.7 Å². The lowest BCUT2D eigenvalue weighted by Gasteiger charge is -2.24. The van der Waals surface area contributed by atoms with Gasteiger partial charge >= 0.3 is 0 Å². The molecule has 0 atom stereocenters. The molecule has 0 aliphatic heterocycles. The van der Waals surface area contributed by atoms with Crippen LogP contribution in [0.3, 0.4) is 0 Å². The van der Waals surface area contributed by atoms with Crippen LogP contribution < -0.4 is 19.9 Å². The van der Waals surface area contributed by atoms with Crippen molar-refractivity contribution < 1.29 is 19.0 Å². The molecule has 6 heteroatoms. The number of aryl methyl sites for hydroxylation is 1. The Morgan fingerprint density at radius 1 is 0.763 bits per heavy atom. The van der Waals surface area contributed by atoms with Crippen LogP contribution in [-0.4, -0.2) is 31.0 Å². The molecule has 2 N–H and O–H groups in total. The van der Waals surface area contributed by atoms with E-state index in [4.69, 9.17) is 19.9 Å². The minimum absolute atomic E-state index is 0.142.